The molecule has 0 saturated heterocycles. The summed E-state index contributed by atoms with van der Waals surface area (Å²) in [6.07, 6.45) is 2.86. The number of pyridine rings is 2. The third kappa shape index (κ3) is 5.23. The number of nitrogens with zero attached hydrogens (tertiary/aromatic N) is 4. The van der Waals surface area contributed by atoms with Gasteiger partial charge in [-0.25, -0.2) is 9.78 Å². The molecule has 8 nitrogen and oxygen atoms in total. The van der Waals surface area contributed by atoms with Gasteiger partial charge in [-0.2, -0.15) is 0 Å². The fourth-order valence-electron chi connectivity index (χ4n) is 4.74. The maximum Gasteiger partial charge on any atom is 0.410 e. The number of rotatable bonds is 4. The van der Waals surface area contributed by atoms with Crippen molar-refractivity contribution in [3.63, 3.8) is 0 Å². The van der Waals surface area contributed by atoms with Crippen LogP contribution in [-0.2, 0) is 31.2 Å². The highest BCUT2D eigenvalue weighted by molar-refractivity contribution is 5.83. The normalized spacial score (nSPS) is 13.8. The topological polar surface area (TPSA) is 78.6 Å². The lowest BCUT2D eigenvalue weighted by Gasteiger charge is -2.26. The van der Waals surface area contributed by atoms with E-state index < -0.39 is 5.60 Å². The average molecular weight is 501 g/mol. The van der Waals surface area contributed by atoms with E-state index in [9.17, 15) is 9.59 Å². The van der Waals surface area contributed by atoms with Gasteiger partial charge in [0.1, 0.15) is 29.4 Å². The predicted octanol–water partition coefficient (Wildman–Crippen LogP) is 4.64. The maximum atomic E-state index is 12.9. The first-order valence-corrected chi connectivity index (χ1v) is 12.5. The number of hydrogen-bond acceptors (Lipinski definition) is 5. The zero-order valence-corrected chi connectivity index (χ0v) is 21.7. The Bertz CT molecular complexity index is 1500. The number of carbonyl (C=O) groups excluding carboxylic acids is 1. The Kier molecular flexibility index (Phi) is 6.50. The van der Waals surface area contributed by atoms with E-state index in [-0.39, 0.29) is 11.7 Å². The van der Waals surface area contributed by atoms with Crippen molar-refractivity contribution in [2.45, 2.75) is 45.8 Å². The Morgan fingerprint density at radius 2 is 1.78 bits per heavy atom. The molecular formula is C29H32N4O4. The smallest absolute Gasteiger partial charge is 0.410 e. The molecule has 1 aliphatic heterocycles. The van der Waals surface area contributed by atoms with Gasteiger partial charge in [0, 0.05) is 49.9 Å². The predicted molar refractivity (Wildman–Crippen MR) is 142 cm³/mol. The first-order valence-electron chi connectivity index (χ1n) is 12.5. The molecule has 0 radical (unpaired) electrons. The van der Waals surface area contributed by atoms with Crippen LogP contribution < -0.4 is 10.3 Å². The second-order valence-electron chi connectivity index (χ2n) is 10.3. The molecule has 8 heteroatoms. The average Bonchev–Trinajstić information content (AvgIpc) is 2.99. The van der Waals surface area contributed by atoms with Crippen LogP contribution in [0.5, 0.6) is 5.75 Å². The Labute approximate surface area is 216 Å². The van der Waals surface area contributed by atoms with Gasteiger partial charge in [0.2, 0.25) is 0 Å². The summed E-state index contributed by atoms with van der Waals surface area (Å²) in [6, 6.07) is 17.0. The van der Waals surface area contributed by atoms with Crippen LogP contribution in [0.4, 0.5) is 4.79 Å². The van der Waals surface area contributed by atoms with E-state index in [0.717, 1.165) is 28.7 Å². The summed E-state index contributed by atoms with van der Waals surface area (Å²) in [4.78, 5) is 32.1. The minimum absolute atomic E-state index is 0.207. The summed E-state index contributed by atoms with van der Waals surface area (Å²) in [6.45, 7) is 7.21. The van der Waals surface area contributed by atoms with Gasteiger partial charge in [0.15, 0.2) is 0 Å². The van der Waals surface area contributed by atoms with Crippen molar-refractivity contribution in [2.24, 2.45) is 7.05 Å². The summed E-state index contributed by atoms with van der Waals surface area (Å²) < 4.78 is 15.0. The van der Waals surface area contributed by atoms with E-state index >= 15 is 0 Å². The fourth-order valence-corrected chi connectivity index (χ4v) is 4.74. The van der Waals surface area contributed by atoms with Crippen molar-refractivity contribution in [1.82, 2.24) is 19.0 Å². The number of aromatic nitrogens is 3. The van der Waals surface area contributed by atoms with Crippen LogP contribution in [0.1, 0.15) is 37.6 Å². The molecule has 0 unspecified atom stereocenters. The van der Waals surface area contributed by atoms with E-state index in [1.165, 1.54) is 16.2 Å². The Morgan fingerprint density at radius 1 is 1.03 bits per heavy atom. The molecule has 4 heterocycles. The number of hydrogen-bond donors (Lipinski definition) is 0. The molecule has 0 bridgehead atoms. The number of benzene rings is 1. The number of aryl methyl sites for hydroxylation is 1. The minimum Gasteiger partial charge on any atom is -0.489 e. The number of carbonyl (C=O) groups is 1. The highest BCUT2D eigenvalue weighted by atomic mass is 16.6. The quantitative estimate of drug-likeness (QED) is 0.408. The largest absolute Gasteiger partial charge is 0.489 e. The van der Waals surface area contributed by atoms with Crippen molar-refractivity contribution in [2.75, 3.05) is 13.1 Å². The lowest BCUT2D eigenvalue weighted by Crippen LogP contribution is -2.38. The summed E-state index contributed by atoms with van der Waals surface area (Å²) in [7, 11) is 1.99. The molecule has 0 fully saturated rings. The van der Waals surface area contributed by atoms with Gasteiger partial charge in [-0.15, -0.1) is 0 Å². The van der Waals surface area contributed by atoms with Gasteiger partial charge in [-0.3, -0.25) is 9.36 Å². The van der Waals surface area contributed by atoms with Crippen molar-refractivity contribution in [1.29, 1.82) is 0 Å². The van der Waals surface area contributed by atoms with Crippen LogP contribution in [0.25, 0.3) is 16.9 Å². The molecule has 0 aliphatic carbocycles. The van der Waals surface area contributed by atoms with Crippen LogP contribution in [0.15, 0.2) is 65.6 Å². The molecule has 1 aromatic carbocycles. The summed E-state index contributed by atoms with van der Waals surface area (Å²) >= 11 is 0. The molecule has 1 amide bonds. The van der Waals surface area contributed by atoms with Gasteiger partial charge in [0.25, 0.3) is 5.56 Å². The van der Waals surface area contributed by atoms with Gasteiger partial charge in [-0.1, -0.05) is 30.3 Å². The van der Waals surface area contributed by atoms with Crippen molar-refractivity contribution >= 4 is 17.1 Å². The molecule has 0 saturated carbocycles. The number of amides is 1. The van der Waals surface area contributed by atoms with Crippen molar-refractivity contribution in [3.05, 3.63) is 88.0 Å². The highest BCUT2D eigenvalue weighted by Crippen LogP contribution is 2.28. The lowest BCUT2D eigenvalue weighted by molar-refractivity contribution is 0.0258. The van der Waals surface area contributed by atoms with Crippen LogP contribution in [0.3, 0.4) is 0 Å². The third-order valence-electron chi connectivity index (χ3n) is 6.54. The SMILES string of the molecule is Cn1c2c(c3ccc(-n4ccc(OCc5ccccc5)cc4=O)nc31)CCN(C(=O)OC(C)(C)C)CC2. The maximum absolute atomic E-state index is 12.9. The Morgan fingerprint density at radius 3 is 2.51 bits per heavy atom. The van der Waals surface area contributed by atoms with E-state index in [0.29, 0.717) is 37.7 Å². The van der Waals surface area contributed by atoms with Gasteiger partial charge >= 0.3 is 6.09 Å². The van der Waals surface area contributed by atoms with Gasteiger partial charge < -0.3 is 18.9 Å². The zero-order valence-electron chi connectivity index (χ0n) is 21.7. The van der Waals surface area contributed by atoms with Crippen LogP contribution in [0, 0.1) is 0 Å². The molecular weight excluding hydrogens is 468 g/mol. The van der Waals surface area contributed by atoms with Gasteiger partial charge in [-0.05, 0) is 56.5 Å². The van der Waals surface area contributed by atoms with Crippen LogP contribution in [0.2, 0.25) is 0 Å². The standard InChI is InChI=1S/C29H32N4O4/c1-29(2,3)37-28(35)32-15-13-22-23-10-11-25(30-27(23)31(4)24(22)14-16-32)33-17-12-21(18-26(33)34)36-19-20-8-6-5-7-9-20/h5-12,17-18H,13-16,19H2,1-4H3. The number of fused-ring (bicyclic) bond motifs is 3. The summed E-state index contributed by atoms with van der Waals surface area (Å²) in [5.74, 6) is 1.07. The Balaban J connectivity index is 1.36. The lowest BCUT2D eigenvalue weighted by atomic mass is 10.1. The van der Waals surface area contributed by atoms with E-state index in [1.54, 1.807) is 17.2 Å². The first kappa shape index (κ1) is 24.6. The molecule has 0 spiro atoms. The van der Waals surface area contributed by atoms with E-state index in [4.69, 9.17) is 14.5 Å². The fraction of sp³-hybridized carbons (Fsp3) is 0.345. The minimum atomic E-state index is -0.520. The molecule has 3 aromatic heterocycles. The number of ether oxygens (including phenoxy) is 2. The summed E-state index contributed by atoms with van der Waals surface area (Å²) in [5, 5.41) is 1.04. The highest BCUT2D eigenvalue weighted by Gasteiger charge is 2.27. The molecule has 0 N–H and O–H groups in total. The van der Waals surface area contributed by atoms with E-state index in [1.807, 2.05) is 70.3 Å². The van der Waals surface area contributed by atoms with E-state index in [2.05, 4.69) is 4.57 Å². The molecule has 0 atom stereocenters. The van der Waals surface area contributed by atoms with Crippen LogP contribution in [-0.4, -0.2) is 43.8 Å². The second kappa shape index (κ2) is 9.76. The van der Waals surface area contributed by atoms with Crippen molar-refractivity contribution < 1.29 is 14.3 Å². The second-order valence-corrected chi connectivity index (χ2v) is 10.3. The molecule has 192 valence electrons. The summed E-state index contributed by atoms with van der Waals surface area (Å²) in [5.41, 5.74) is 3.48. The van der Waals surface area contributed by atoms with Crippen LogP contribution >= 0.6 is 0 Å². The van der Waals surface area contributed by atoms with Crippen molar-refractivity contribution in [3.8, 4) is 11.6 Å². The molecule has 37 heavy (non-hydrogen) atoms. The third-order valence-corrected chi connectivity index (χ3v) is 6.54. The van der Waals surface area contributed by atoms with Gasteiger partial charge in [0.05, 0.1) is 0 Å². The Hall–Kier alpha value is -4.07. The molecule has 1 aliphatic rings. The monoisotopic (exact) mass is 500 g/mol. The molecule has 4 aromatic rings. The first-order chi connectivity index (χ1) is 17.7. The zero-order chi connectivity index (χ0) is 26.2. The molecule has 5 rings (SSSR count).